The van der Waals surface area contributed by atoms with Crippen LogP contribution >= 0.6 is 0 Å². The molecule has 0 saturated heterocycles. The normalized spacial score (nSPS) is 10.3. The maximum atomic E-state index is 10.7. The van der Waals surface area contributed by atoms with Gasteiger partial charge in [-0.05, 0) is 53.9 Å². The summed E-state index contributed by atoms with van der Waals surface area (Å²) in [6.07, 6.45) is 0. The third-order valence-electron chi connectivity index (χ3n) is 4.08. The molecule has 3 aromatic rings. The van der Waals surface area contributed by atoms with E-state index in [0.717, 1.165) is 22.6 Å². The van der Waals surface area contributed by atoms with Gasteiger partial charge in [0.15, 0.2) is 0 Å². The van der Waals surface area contributed by atoms with E-state index in [2.05, 4.69) is 24.4 Å². The molecule has 0 atom stereocenters. The van der Waals surface area contributed by atoms with E-state index in [4.69, 9.17) is 4.74 Å². The average Bonchev–Trinajstić information content (AvgIpc) is 2.66. The predicted octanol–water partition coefficient (Wildman–Crippen LogP) is 5.09. The second-order valence-electron chi connectivity index (χ2n) is 6.03. The number of benzene rings is 3. The molecule has 0 bridgehead atoms. The van der Waals surface area contributed by atoms with Crippen molar-refractivity contribution in [3.8, 4) is 5.75 Å². The Morgan fingerprint density at radius 2 is 1.73 bits per heavy atom. The molecule has 0 aliphatic heterocycles. The summed E-state index contributed by atoms with van der Waals surface area (Å²) in [6.45, 7) is 3.15. The summed E-state index contributed by atoms with van der Waals surface area (Å²) in [5.41, 5.74) is 4.41. The number of nitrogens with one attached hydrogen (secondary N) is 1. The van der Waals surface area contributed by atoms with Crippen molar-refractivity contribution in [1.29, 1.82) is 0 Å². The minimum Gasteiger partial charge on any atom is -0.489 e. The monoisotopic (exact) mass is 348 g/mol. The SMILES string of the molecule is Cc1ccccc1NCc1cccc(OCc2ccc([N+](=O)[O-])cc2)c1. The van der Waals surface area contributed by atoms with Crippen LogP contribution in [0.1, 0.15) is 16.7 Å². The number of non-ortho nitro benzene ring substituents is 1. The highest BCUT2D eigenvalue weighted by Crippen LogP contribution is 2.19. The van der Waals surface area contributed by atoms with Gasteiger partial charge in [0.1, 0.15) is 12.4 Å². The fourth-order valence-corrected chi connectivity index (χ4v) is 2.59. The highest BCUT2D eigenvalue weighted by atomic mass is 16.6. The number of anilines is 1. The Kier molecular flexibility index (Phi) is 5.49. The van der Waals surface area contributed by atoms with Crippen molar-refractivity contribution in [2.45, 2.75) is 20.1 Å². The summed E-state index contributed by atoms with van der Waals surface area (Å²) in [4.78, 5) is 10.3. The number of para-hydroxylation sites is 1. The van der Waals surface area contributed by atoms with Gasteiger partial charge < -0.3 is 10.1 Å². The number of nitro benzene ring substituents is 1. The maximum absolute atomic E-state index is 10.7. The minimum absolute atomic E-state index is 0.0815. The van der Waals surface area contributed by atoms with Gasteiger partial charge in [-0.3, -0.25) is 10.1 Å². The van der Waals surface area contributed by atoms with E-state index < -0.39 is 4.92 Å². The molecule has 0 heterocycles. The van der Waals surface area contributed by atoms with E-state index in [1.54, 1.807) is 12.1 Å². The first kappa shape index (κ1) is 17.5. The van der Waals surface area contributed by atoms with Gasteiger partial charge in [-0.25, -0.2) is 0 Å². The molecule has 0 saturated carbocycles. The lowest BCUT2D eigenvalue weighted by Gasteiger charge is -2.11. The lowest BCUT2D eigenvalue weighted by molar-refractivity contribution is -0.384. The fraction of sp³-hybridized carbons (Fsp3) is 0.143. The second kappa shape index (κ2) is 8.16. The second-order valence-corrected chi connectivity index (χ2v) is 6.03. The summed E-state index contributed by atoms with van der Waals surface area (Å²) in [6, 6.07) is 22.5. The van der Waals surface area contributed by atoms with Gasteiger partial charge in [-0.15, -0.1) is 0 Å². The van der Waals surface area contributed by atoms with E-state index in [0.29, 0.717) is 13.2 Å². The van der Waals surface area contributed by atoms with E-state index in [1.807, 2.05) is 36.4 Å². The minimum atomic E-state index is -0.407. The largest absolute Gasteiger partial charge is 0.489 e. The molecule has 0 fully saturated rings. The van der Waals surface area contributed by atoms with E-state index in [-0.39, 0.29) is 5.69 Å². The topological polar surface area (TPSA) is 64.4 Å². The van der Waals surface area contributed by atoms with Crippen LogP contribution in [-0.4, -0.2) is 4.92 Å². The van der Waals surface area contributed by atoms with E-state index in [1.165, 1.54) is 17.7 Å². The van der Waals surface area contributed by atoms with Crippen LogP contribution in [0.5, 0.6) is 5.75 Å². The molecule has 5 nitrogen and oxygen atoms in total. The highest BCUT2D eigenvalue weighted by Gasteiger charge is 2.05. The zero-order valence-electron chi connectivity index (χ0n) is 14.5. The zero-order valence-corrected chi connectivity index (χ0v) is 14.5. The van der Waals surface area contributed by atoms with Gasteiger partial charge in [-0.2, -0.15) is 0 Å². The van der Waals surface area contributed by atoms with Crippen LogP contribution in [0.25, 0.3) is 0 Å². The van der Waals surface area contributed by atoms with Crippen molar-refractivity contribution in [3.63, 3.8) is 0 Å². The third-order valence-corrected chi connectivity index (χ3v) is 4.08. The molecular formula is C21H20N2O3. The number of ether oxygens (including phenoxy) is 1. The molecule has 132 valence electrons. The van der Waals surface area contributed by atoms with Crippen LogP contribution in [-0.2, 0) is 13.2 Å². The third kappa shape index (κ3) is 4.60. The van der Waals surface area contributed by atoms with Gasteiger partial charge >= 0.3 is 0 Å². The number of nitro groups is 1. The van der Waals surface area contributed by atoms with Crippen LogP contribution < -0.4 is 10.1 Å². The van der Waals surface area contributed by atoms with Crippen LogP contribution in [0.4, 0.5) is 11.4 Å². The van der Waals surface area contributed by atoms with Gasteiger partial charge in [0, 0.05) is 24.4 Å². The molecule has 0 radical (unpaired) electrons. The Morgan fingerprint density at radius 3 is 2.46 bits per heavy atom. The van der Waals surface area contributed by atoms with Gasteiger partial charge in [0.2, 0.25) is 0 Å². The predicted molar refractivity (Wildman–Crippen MR) is 102 cm³/mol. The molecule has 3 rings (SSSR count). The first-order valence-electron chi connectivity index (χ1n) is 8.36. The van der Waals surface area contributed by atoms with Crippen molar-refractivity contribution < 1.29 is 9.66 Å². The van der Waals surface area contributed by atoms with Gasteiger partial charge in [0.05, 0.1) is 4.92 Å². The molecule has 5 heteroatoms. The van der Waals surface area contributed by atoms with Crippen molar-refractivity contribution >= 4 is 11.4 Å². The molecule has 0 aliphatic rings. The standard InChI is InChI=1S/C21H20N2O3/c1-16-5-2-3-8-21(16)22-14-18-6-4-7-20(13-18)26-15-17-9-11-19(12-10-17)23(24)25/h2-13,22H,14-15H2,1H3. The van der Waals surface area contributed by atoms with E-state index >= 15 is 0 Å². The smallest absolute Gasteiger partial charge is 0.269 e. The summed E-state index contributed by atoms with van der Waals surface area (Å²) in [5.74, 6) is 0.771. The lowest BCUT2D eigenvalue weighted by atomic mass is 10.1. The molecule has 0 amide bonds. The summed E-state index contributed by atoms with van der Waals surface area (Å²) in [5, 5.41) is 14.1. The number of hydrogen-bond donors (Lipinski definition) is 1. The molecule has 1 N–H and O–H groups in total. The molecule has 0 spiro atoms. The average molecular weight is 348 g/mol. The van der Waals surface area contributed by atoms with Crippen molar-refractivity contribution in [2.75, 3.05) is 5.32 Å². The van der Waals surface area contributed by atoms with Gasteiger partial charge in [0.25, 0.3) is 5.69 Å². The van der Waals surface area contributed by atoms with Crippen LogP contribution in [0.2, 0.25) is 0 Å². The highest BCUT2D eigenvalue weighted by molar-refractivity contribution is 5.50. The Bertz CT molecular complexity index is 892. The van der Waals surface area contributed by atoms with E-state index in [9.17, 15) is 10.1 Å². The maximum Gasteiger partial charge on any atom is 0.269 e. The van der Waals surface area contributed by atoms with Crippen LogP contribution in [0.15, 0.2) is 72.8 Å². The Hall–Kier alpha value is -3.34. The quantitative estimate of drug-likeness (QED) is 0.477. The summed E-state index contributed by atoms with van der Waals surface area (Å²) < 4.78 is 5.81. The van der Waals surface area contributed by atoms with Crippen molar-refractivity contribution in [3.05, 3.63) is 99.6 Å². The molecule has 0 unspecified atom stereocenters. The zero-order chi connectivity index (χ0) is 18.4. The fourth-order valence-electron chi connectivity index (χ4n) is 2.59. The number of hydrogen-bond acceptors (Lipinski definition) is 4. The Balaban J connectivity index is 1.58. The van der Waals surface area contributed by atoms with Crippen molar-refractivity contribution in [1.82, 2.24) is 0 Å². The molecule has 26 heavy (non-hydrogen) atoms. The lowest BCUT2D eigenvalue weighted by Crippen LogP contribution is -2.01. The Labute approximate surface area is 152 Å². The number of nitrogens with zero attached hydrogens (tertiary/aromatic N) is 1. The number of aryl methyl sites for hydroxylation is 1. The Morgan fingerprint density at radius 1 is 0.962 bits per heavy atom. The molecule has 3 aromatic carbocycles. The first-order valence-corrected chi connectivity index (χ1v) is 8.36. The van der Waals surface area contributed by atoms with Crippen molar-refractivity contribution in [2.24, 2.45) is 0 Å². The van der Waals surface area contributed by atoms with Crippen LogP contribution in [0, 0.1) is 17.0 Å². The summed E-state index contributed by atoms with van der Waals surface area (Å²) >= 11 is 0. The van der Waals surface area contributed by atoms with Crippen LogP contribution in [0.3, 0.4) is 0 Å². The number of rotatable bonds is 7. The van der Waals surface area contributed by atoms with Gasteiger partial charge in [-0.1, -0.05) is 30.3 Å². The molecule has 0 aromatic heterocycles. The first-order chi connectivity index (χ1) is 12.6. The molecular weight excluding hydrogens is 328 g/mol. The molecule has 0 aliphatic carbocycles. The summed E-state index contributed by atoms with van der Waals surface area (Å²) in [7, 11) is 0.